The minimum Gasteiger partial charge on any atom is -0.393 e. The maximum atomic E-state index is 12.0. The van der Waals surface area contributed by atoms with E-state index in [0.29, 0.717) is 24.8 Å². The van der Waals surface area contributed by atoms with E-state index < -0.39 is 11.7 Å². The minimum atomic E-state index is -0.838. The predicted octanol–water partition coefficient (Wildman–Crippen LogP) is 5.06. The maximum absolute atomic E-state index is 12.0. The summed E-state index contributed by atoms with van der Waals surface area (Å²) in [7, 11) is 0. The van der Waals surface area contributed by atoms with Gasteiger partial charge in [0.25, 0.3) is 0 Å². The van der Waals surface area contributed by atoms with E-state index in [0.717, 1.165) is 64.2 Å². The fourth-order valence-electron chi connectivity index (χ4n) is 10.8. The Bertz CT molecular complexity index is 867. The van der Waals surface area contributed by atoms with Gasteiger partial charge in [-0.05, 0) is 123 Å². The van der Waals surface area contributed by atoms with Crippen LogP contribution in [0, 0.1) is 51.2 Å². The average Bonchev–Trinajstić information content (AvgIpc) is 3.57. The van der Waals surface area contributed by atoms with Crippen LogP contribution in [-0.2, 0) is 4.79 Å². The van der Waals surface area contributed by atoms with Gasteiger partial charge in [0.15, 0.2) is 0 Å². The highest BCUT2D eigenvalue weighted by Gasteiger charge is 2.71. The van der Waals surface area contributed by atoms with Crippen molar-refractivity contribution >= 4 is 5.91 Å². The molecule has 0 aliphatic heterocycles. The summed E-state index contributed by atoms with van der Waals surface area (Å²) in [5.74, 6) is 1.51. The van der Waals surface area contributed by atoms with Gasteiger partial charge in [0.2, 0.25) is 5.91 Å². The summed E-state index contributed by atoms with van der Waals surface area (Å²) >= 11 is 0. The van der Waals surface area contributed by atoms with Crippen molar-refractivity contribution < 1.29 is 20.1 Å². The van der Waals surface area contributed by atoms with Crippen LogP contribution in [0.15, 0.2) is 0 Å². The number of nitrogens with one attached hydrogen (secondary N) is 1. The lowest BCUT2D eigenvalue weighted by Gasteiger charge is -2.70. The van der Waals surface area contributed by atoms with Gasteiger partial charge >= 0.3 is 0 Å². The largest absolute Gasteiger partial charge is 0.393 e. The number of rotatable bonds is 6. The molecule has 5 nitrogen and oxygen atoms in total. The molecule has 3 unspecified atom stereocenters. The molecule has 1 amide bonds. The molecule has 0 saturated heterocycles. The summed E-state index contributed by atoms with van der Waals surface area (Å²) in [5, 5.41) is 37.5. The van der Waals surface area contributed by atoms with Crippen LogP contribution in [-0.4, -0.2) is 45.6 Å². The van der Waals surface area contributed by atoms with Crippen molar-refractivity contribution in [2.24, 2.45) is 51.2 Å². The number of aliphatic hydroxyl groups is 3. The molecule has 0 radical (unpaired) electrons. The molecule has 206 valence electrons. The topological polar surface area (TPSA) is 89.8 Å². The second-order valence-corrected chi connectivity index (χ2v) is 15.4. The van der Waals surface area contributed by atoms with Crippen LogP contribution in [0.3, 0.4) is 0 Å². The molecule has 0 aromatic carbocycles. The third kappa shape index (κ3) is 3.84. The van der Waals surface area contributed by atoms with Crippen LogP contribution in [0.2, 0.25) is 0 Å². The second-order valence-electron chi connectivity index (χ2n) is 15.4. The fraction of sp³-hybridized carbons (Fsp3) is 0.968. The Kier molecular flexibility index (Phi) is 6.49. The molecule has 36 heavy (non-hydrogen) atoms. The van der Waals surface area contributed by atoms with Gasteiger partial charge in [-0.15, -0.1) is 0 Å². The van der Waals surface area contributed by atoms with Crippen LogP contribution >= 0.6 is 0 Å². The maximum Gasteiger partial charge on any atom is 0.223 e. The van der Waals surface area contributed by atoms with Gasteiger partial charge in [-0.3, -0.25) is 4.79 Å². The molecule has 0 aromatic rings. The monoisotopic (exact) mass is 503 g/mol. The molecule has 0 aromatic heterocycles. The zero-order valence-corrected chi connectivity index (χ0v) is 23.8. The van der Waals surface area contributed by atoms with Crippen molar-refractivity contribution in [3.8, 4) is 0 Å². The first kappa shape index (κ1) is 26.9. The summed E-state index contributed by atoms with van der Waals surface area (Å²) in [6.07, 6.45) is 9.88. The molecular weight excluding hydrogens is 450 g/mol. The highest BCUT2D eigenvalue weighted by Crippen LogP contribution is 2.75. The first-order valence-corrected chi connectivity index (χ1v) is 15.0. The SMILES string of the molecule is CC1(C)C2CC[C@]3(C)C(C[C@@H](O)C4[C@@H]([C@@](C)(O)CCCNC(=O)C5CC5)CC[C@]43C)[C@@]2(C)CC[C@@H]1O. The van der Waals surface area contributed by atoms with Crippen molar-refractivity contribution in [3.05, 3.63) is 0 Å². The number of aliphatic hydroxyl groups excluding tert-OH is 2. The van der Waals surface area contributed by atoms with E-state index in [2.05, 4.69) is 39.9 Å². The highest BCUT2D eigenvalue weighted by atomic mass is 16.3. The van der Waals surface area contributed by atoms with Crippen molar-refractivity contribution in [1.29, 1.82) is 0 Å². The summed E-state index contributed by atoms with van der Waals surface area (Å²) in [5.41, 5.74) is -0.671. The van der Waals surface area contributed by atoms with Gasteiger partial charge in [-0.1, -0.05) is 34.6 Å². The van der Waals surface area contributed by atoms with Gasteiger partial charge in [0, 0.05) is 12.5 Å². The van der Waals surface area contributed by atoms with Gasteiger partial charge in [0.05, 0.1) is 17.8 Å². The van der Waals surface area contributed by atoms with Crippen molar-refractivity contribution in [2.45, 2.75) is 130 Å². The molecule has 4 N–H and O–H groups in total. The van der Waals surface area contributed by atoms with E-state index in [9.17, 15) is 20.1 Å². The third-order valence-electron chi connectivity index (χ3n) is 13.3. The Hall–Kier alpha value is -0.650. The molecule has 10 atom stereocenters. The van der Waals surface area contributed by atoms with Crippen LogP contribution in [0.4, 0.5) is 0 Å². The van der Waals surface area contributed by atoms with E-state index in [-0.39, 0.29) is 51.4 Å². The van der Waals surface area contributed by atoms with Gasteiger partial charge in [-0.2, -0.15) is 0 Å². The number of fused-ring (bicyclic) bond motifs is 5. The molecule has 0 spiro atoms. The third-order valence-corrected chi connectivity index (χ3v) is 13.3. The first-order chi connectivity index (χ1) is 16.7. The summed E-state index contributed by atoms with van der Waals surface area (Å²) in [6, 6.07) is 0. The fourth-order valence-corrected chi connectivity index (χ4v) is 10.8. The van der Waals surface area contributed by atoms with Crippen LogP contribution < -0.4 is 5.32 Å². The summed E-state index contributed by atoms with van der Waals surface area (Å²) in [4.78, 5) is 12.0. The number of carbonyl (C=O) groups is 1. The Morgan fingerprint density at radius 3 is 2.25 bits per heavy atom. The van der Waals surface area contributed by atoms with Crippen molar-refractivity contribution in [2.75, 3.05) is 6.54 Å². The Morgan fingerprint density at radius 1 is 0.917 bits per heavy atom. The second kappa shape index (κ2) is 8.68. The average molecular weight is 504 g/mol. The minimum absolute atomic E-state index is 0.00162. The number of amides is 1. The molecular formula is C31H53NO4. The lowest BCUT2D eigenvalue weighted by atomic mass is 9.35. The molecule has 0 heterocycles. The number of carbonyl (C=O) groups excluding carboxylic acids is 1. The van der Waals surface area contributed by atoms with Crippen molar-refractivity contribution in [3.63, 3.8) is 0 Å². The van der Waals surface area contributed by atoms with Crippen LogP contribution in [0.5, 0.6) is 0 Å². The molecule has 5 heteroatoms. The Morgan fingerprint density at radius 2 is 1.58 bits per heavy atom. The standard InChI is InChI=1S/C31H53NO4/c1-27(2)22-11-16-29(4)23(28(22,3)14-12-24(27)34)18-21(33)25-20(10-15-30(25,29)5)31(6,36)13-7-17-32-26(35)19-8-9-19/h19-25,33-34,36H,7-18H2,1-6H3,(H,32,35)/t20-,21+,22?,23?,24-,25?,28-,29+,30+,31-/m0/s1. The molecule has 0 bridgehead atoms. The van der Waals surface area contributed by atoms with Gasteiger partial charge in [0.1, 0.15) is 0 Å². The normalized spacial score (nSPS) is 49.4. The molecule has 5 fully saturated rings. The van der Waals surface area contributed by atoms with E-state index >= 15 is 0 Å². The summed E-state index contributed by atoms with van der Waals surface area (Å²) < 4.78 is 0. The summed E-state index contributed by atoms with van der Waals surface area (Å²) in [6.45, 7) is 14.6. The zero-order chi connectivity index (χ0) is 26.3. The van der Waals surface area contributed by atoms with Gasteiger partial charge in [-0.25, -0.2) is 0 Å². The molecule has 5 rings (SSSR count). The van der Waals surface area contributed by atoms with E-state index in [1.165, 1.54) is 0 Å². The molecule has 5 saturated carbocycles. The quantitative estimate of drug-likeness (QED) is 0.381. The van der Waals surface area contributed by atoms with Gasteiger partial charge < -0.3 is 20.6 Å². The van der Waals surface area contributed by atoms with Crippen LogP contribution in [0.1, 0.15) is 112 Å². The highest BCUT2D eigenvalue weighted by molar-refractivity contribution is 5.80. The van der Waals surface area contributed by atoms with Crippen LogP contribution in [0.25, 0.3) is 0 Å². The molecule has 5 aliphatic rings. The zero-order valence-electron chi connectivity index (χ0n) is 23.8. The number of hydrogen-bond donors (Lipinski definition) is 4. The molecule has 5 aliphatic carbocycles. The van der Waals surface area contributed by atoms with E-state index in [1.54, 1.807) is 0 Å². The first-order valence-electron chi connectivity index (χ1n) is 15.0. The lowest BCUT2D eigenvalue weighted by molar-refractivity contribution is -0.246. The van der Waals surface area contributed by atoms with Crippen molar-refractivity contribution in [1.82, 2.24) is 5.32 Å². The Labute approximate surface area is 219 Å². The Balaban J connectivity index is 1.34. The van der Waals surface area contributed by atoms with E-state index in [1.807, 2.05) is 6.92 Å². The lowest BCUT2D eigenvalue weighted by Crippen LogP contribution is -2.66. The van der Waals surface area contributed by atoms with E-state index in [4.69, 9.17) is 0 Å². The number of hydrogen-bond acceptors (Lipinski definition) is 4. The predicted molar refractivity (Wildman–Crippen MR) is 142 cm³/mol. The smallest absolute Gasteiger partial charge is 0.223 e.